The molecule has 5 nitrogen and oxygen atoms in total. The van der Waals surface area contributed by atoms with Gasteiger partial charge >= 0.3 is 0 Å². The average Bonchev–Trinajstić information content (AvgIpc) is 2.76. The number of carbonyl (C=O) groups is 2. The van der Waals surface area contributed by atoms with Crippen molar-refractivity contribution in [2.24, 2.45) is 11.8 Å². The highest BCUT2D eigenvalue weighted by atomic mass is 16.5. The standard InChI is InChI=1S/C24H30N2O3/c1-3-26(4-2)24(28)19-12-10-18(11-13-19)23(27)25-20-14-16-22(17-15-20)29-21-8-6-5-7-9-21/h5-9,14-19H,3-4,10-13H2,1-2H3,(H,25,27). The maximum atomic E-state index is 12.6. The maximum absolute atomic E-state index is 12.6. The minimum absolute atomic E-state index is 0.0315. The van der Waals surface area contributed by atoms with E-state index in [0.717, 1.165) is 56.0 Å². The number of amides is 2. The van der Waals surface area contributed by atoms with Crippen LogP contribution in [0.2, 0.25) is 0 Å². The smallest absolute Gasteiger partial charge is 0.227 e. The van der Waals surface area contributed by atoms with Crippen LogP contribution in [0, 0.1) is 11.8 Å². The highest BCUT2D eigenvalue weighted by Crippen LogP contribution is 2.31. The summed E-state index contributed by atoms with van der Waals surface area (Å²) >= 11 is 0. The maximum Gasteiger partial charge on any atom is 0.227 e. The van der Waals surface area contributed by atoms with Gasteiger partial charge in [-0.15, -0.1) is 0 Å². The van der Waals surface area contributed by atoms with Crippen molar-refractivity contribution in [2.75, 3.05) is 18.4 Å². The normalized spacial score (nSPS) is 18.7. The lowest BCUT2D eigenvalue weighted by molar-refractivity contribution is -0.137. The summed E-state index contributed by atoms with van der Waals surface area (Å²) in [5.41, 5.74) is 0.761. The molecule has 0 aromatic heterocycles. The summed E-state index contributed by atoms with van der Waals surface area (Å²) in [6.07, 6.45) is 3.10. The summed E-state index contributed by atoms with van der Waals surface area (Å²) in [4.78, 5) is 27.0. The van der Waals surface area contributed by atoms with Crippen LogP contribution in [0.4, 0.5) is 5.69 Å². The molecule has 0 unspecified atom stereocenters. The van der Waals surface area contributed by atoms with Crippen molar-refractivity contribution in [1.82, 2.24) is 4.90 Å². The van der Waals surface area contributed by atoms with Crippen molar-refractivity contribution >= 4 is 17.5 Å². The van der Waals surface area contributed by atoms with Gasteiger partial charge in [0.05, 0.1) is 0 Å². The quantitative estimate of drug-likeness (QED) is 0.711. The first-order chi connectivity index (χ1) is 14.1. The Morgan fingerprint density at radius 1 is 0.862 bits per heavy atom. The monoisotopic (exact) mass is 394 g/mol. The molecule has 2 aromatic rings. The van der Waals surface area contributed by atoms with Crippen LogP contribution >= 0.6 is 0 Å². The number of nitrogens with one attached hydrogen (secondary N) is 1. The van der Waals surface area contributed by atoms with Gasteiger partial charge < -0.3 is 15.0 Å². The molecular weight excluding hydrogens is 364 g/mol. The van der Waals surface area contributed by atoms with Gasteiger partial charge in [0.15, 0.2) is 0 Å². The van der Waals surface area contributed by atoms with E-state index in [1.807, 2.05) is 73.3 Å². The van der Waals surface area contributed by atoms with Crippen molar-refractivity contribution in [2.45, 2.75) is 39.5 Å². The Bertz CT molecular complexity index is 793. The molecule has 0 saturated heterocycles. The predicted molar refractivity (Wildman–Crippen MR) is 115 cm³/mol. The summed E-state index contributed by atoms with van der Waals surface area (Å²) < 4.78 is 5.78. The van der Waals surface area contributed by atoms with Crippen LogP contribution in [0.15, 0.2) is 54.6 Å². The molecule has 2 aromatic carbocycles. The first-order valence-corrected chi connectivity index (χ1v) is 10.5. The SMILES string of the molecule is CCN(CC)C(=O)C1CCC(C(=O)Nc2ccc(Oc3ccccc3)cc2)CC1. The Morgan fingerprint density at radius 2 is 1.41 bits per heavy atom. The van der Waals surface area contributed by atoms with Gasteiger partial charge in [-0.05, 0) is 75.9 Å². The average molecular weight is 395 g/mol. The number of nitrogens with zero attached hydrogens (tertiary/aromatic N) is 1. The van der Waals surface area contributed by atoms with Crippen molar-refractivity contribution in [1.29, 1.82) is 0 Å². The molecule has 1 N–H and O–H groups in total. The van der Waals surface area contributed by atoms with Gasteiger partial charge in [-0.1, -0.05) is 18.2 Å². The molecule has 154 valence electrons. The van der Waals surface area contributed by atoms with Gasteiger partial charge in [-0.25, -0.2) is 0 Å². The summed E-state index contributed by atoms with van der Waals surface area (Å²) in [5, 5.41) is 3.00. The van der Waals surface area contributed by atoms with Crippen LogP contribution in [0.5, 0.6) is 11.5 Å². The minimum Gasteiger partial charge on any atom is -0.457 e. The van der Waals surface area contributed by atoms with Crippen LogP contribution in [-0.4, -0.2) is 29.8 Å². The number of anilines is 1. The molecule has 1 aliphatic rings. The molecule has 0 aliphatic heterocycles. The van der Waals surface area contributed by atoms with E-state index in [1.165, 1.54) is 0 Å². The van der Waals surface area contributed by atoms with E-state index in [-0.39, 0.29) is 23.7 Å². The lowest BCUT2D eigenvalue weighted by Crippen LogP contribution is -2.38. The number of benzene rings is 2. The number of ether oxygens (including phenoxy) is 1. The Hall–Kier alpha value is -2.82. The predicted octanol–water partition coefficient (Wildman–Crippen LogP) is 5.09. The molecule has 1 fully saturated rings. The van der Waals surface area contributed by atoms with Gasteiger partial charge in [-0.2, -0.15) is 0 Å². The van der Waals surface area contributed by atoms with Gasteiger partial charge in [0.25, 0.3) is 0 Å². The number of hydrogen-bond acceptors (Lipinski definition) is 3. The van der Waals surface area contributed by atoms with Crippen molar-refractivity contribution in [3.63, 3.8) is 0 Å². The molecular formula is C24H30N2O3. The molecule has 2 amide bonds. The van der Waals surface area contributed by atoms with Crippen LogP contribution in [-0.2, 0) is 9.59 Å². The summed E-state index contributed by atoms with van der Waals surface area (Å²) in [6.45, 7) is 5.52. The van der Waals surface area contributed by atoms with Crippen LogP contribution in [0.1, 0.15) is 39.5 Å². The third-order valence-corrected chi connectivity index (χ3v) is 5.62. The van der Waals surface area contributed by atoms with E-state index >= 15 is 0 Å². The van der Waals surface area contributed by atoms with E-state index in [4.69, 9.17) is 4.74 Å². The molecule has 0 spiro atoms. The summed E-state index contributed by atoms with van der Waals surface area (Å²) in [5.74, 6) is 1.81. The van der Waals surface area contributed by atoms with Crippen LogP contribution < -0.4 is 10.1 Å². The van der Waals surface area contributed by atoms with E-state index in [9.17, 15) is 9.59 Å². The Labute approximate surface area is 173 Å². The molecule has 29 heavy (non-hydrogen) atoms. The Morgan fingerprint density at radius 3 is 2.00 bits per heavy atom. The molecule has 5 heteroatoms. The molecule has 0 heterocycles. The van der Waals surface area contributed by atoms with E-state index in [0.29, 0.717) is 0 Å². The first kappa shape index (κ1) is 20.9. The Kier molecular flexibility index (Phi) is 7.28. The highest BCUT2D eigenvalue weighted by Gasteiger charge is 2.31. The second-order valence-electron chi connectivity index (χ2n) is 7.49. The van der Waals surface area contributed by atoms with Gasteiger partial charge in [0.2, 0.25) is 11.8 Å². The fourth-order valence-electron chi connectivity index (χ4n) is 3.87. The van der Waals surface area contributed by atoms with Crippen molar-refractivity contribution in [3.05, 3.63) is 54.6 Å². The molecule has 3 rings (SSSR count). The number of rotatable bonds is 7. The molecule has 0 atom stereocenters. The topological polar surface area (TPSA) is 58.6 Å². The molecule has 1 saturated carbocycles. The van der Waals surface area contributed by atoms with Crippen LogP contribution in [0.25, 0.3) is 0 Å². The van der Waals surface area contributed by atoms with E-state index < -0.39 is 0 Å². The molecule has 1 aliphatic carbocycles. The highest BCUT2D eigenvalue weighted by molar-refractivity contribution is 5.92. The summed E-state index contributed by atoms with van der Waals surface area (Å²) in [6, 6.07) is 17.0. The van der Waals surface area contributed by atoms with Crippen molar-refractivity contribution < 1.29 is 14.3 Å². The lowest BCUT2D eigenvalue weighted by atomic mass is 9.81. The van der Waals surface area contributed by atoms with E-state index in [1.54, 1.807) is 0 Å². The number of carbonyl (C=O) groups excluding carboxylic acids is 2. The lowest BCUT2D eigenvalue weighted by Gasteiger charge is -2.30. The minimum atomic E-state index is -0.0315. The zero-order chi connectivity index (χ0) is 20.6. The fourth-order valence-corrected chi connectivity index (χ4v) is 3.87. The third-order valence-electron chi connectivity index (χ3n) is 5.62. The van der Waals surface area contributed by atoms with E-state index in [2.05, 4.69) is 5.32 Å². The molecule has 0 radical (unpaired) electrons. The zero-order valence-electron chi connectivity index (χ0n) is 17.3. The number of hydrogen-bond donors (Lipinski definition) is 1. The zero-order valence-corrected chi connectivity index (χ0v) is 17.3. The van der Waals surface area contributed by atoms with Gasteiger partial charge in [-0.3, -0.25) is 9.59 Å². The van der Waals surface area contributed by atoms with Crippen LogP contribution in [0.3, 0.4) is 0 Å². The fraction of sp³-hybridized carbons (Fsp3) is 0.417. The Balaban J connectivity index is 1.49. The largest absolute Gasteiger partial charge is 0.457 e. The third kappa shape index (κ3) is 5.59. The van der Waals surface area contributed by atoms with Gasteiger partial charge in [0, 0.05) is 30.6 Å². The van der Waals surface area contributed by atoms with Gasteiger partial charge in [0.1, 0.15) is 11.5 Å². The second-order valence-corrected chi connectivity index (χ2v) is 7.49. The van der Waals surface area contributed by atoms with Crippen molar-refractivity contribution in [3.8, 4) is 11.5 Å². The number of para-hydroxylation sites is 1. The summed E-state index contributed by atoms with van der Waals surface area (Å²) in [7, 11) is 0. The molecule has 0 bridgehead atoms. The second kappa shape index (κ2) is 10.1. The first-order valence-electron chi connectivity index (χ1n) is 10.5.